The summed E-state index contributed by atoms with van der Waals surface area (Å²) in [6.07, 6.45) is 4.49. The lowest BCUT2D eigenvalue weighted by molar-refractivity contribution is 0.551. The number of furan rings is 1. The van der Waals surface area contributed by atoms with Crippen molar-refractivity contribution >= 4 is 11.8 Å². The molecule has 1 aromatic carbocycles. The largest absolute Gasteiger partial charge is 0.472 e. The molecule has 0 bridgehead atoms. The maximum Gasteiger partial charge on any atom is 0.0935 e. The molecule has 1 atom stereocenters. The lowest BCUT2D eigenvalue weighted by Crippen LogP contribution is -2.18. The van der Waals surface area contributed by atoms with Gasteiger partial charge in [0.05, 0.1) is 12.5 Å². The summed E-state index contributed by atoms with van der Waals surface area (Å²) in [5.74, 6) is 1.11. The molecule has 0 fully saturated rings. The Hall–Kier alpha value is -1.19. The summed E-state index contributed by atoms with van der Waals surface area (Å²) in [6, 6.07) is 11.2. The molecule has 0 aliphatic heterocycles. The van der Waals surface area contributed by atoms with E-state index in [9.17, 15) is 0 Å². The molecule has 0 saturated carbocycles. The van der Waals surface area contributed by atoms with E-state index in [1.807, 2.05) is 31.1 Å². The van der Waals surface area contributed by atoms with E-state index >= 15 is 0 Å². The van der Waals surface area contributed by atoms with E-state index < -0.39 is 0 Å². The summed E-state index contributed by atoms with van der Waals surface area (Å²) in [4.78, 5) is 1.33. The Balaban J connectivity index is 2.07. The molecule has 0 radical (unpaired) electrons. The zero-order valence-electron chi connectivity index (χ0n) is 10.8. The summed E-state index contributed by atoms with van der Waals surface area (Å²) in [6.45, 7) is 2.17. The third-order valence-electron chi connectivity index (χ3n) is 2.96. The van der Waals surface area contributed by atoms with Crippen LogP contribution < -0.4 is 5.32 Å². The number of hydrogen-bond acceptors (Lipinski definition) is 3. The van der Waals surface area contributed by atoms with E-state index in [1.54, 1.807) is 6.26 Å². The second-order valence-corrected chi connectivity index (χ2v) is 5.52. The van der Waals surface area contributed by atoms with Gasteiger partial charge in [-0.05, 0) is 48.5 Å². The highest BCUT2D eigenvalue weighted by molar-refractivity contribution is 7.99. The SMILES string of the molecule is CCSc1ccc(C(Cc2ccoc2)NC)cc1. The van der Waals surface area contributed by atoms with Crippen LogP contribution in [0.5, 0.6) is 0 Å². The van der Waals surface area contributed by atoms with Gasteiger partial charge in [-0.25, -0.2) is 0 Å². The fourth-order valence-electron chi connectivity index (χ4n) is 1.99. The number of benzene rings is 1. The van der Waals surface area contributed by atoms with Gasteiger partial charge in [-0.15, -0.1) is 11.8 Å². The summed E-state index contributed by atoms with van der Waals surface area (Å²) in [5, 5.41) is 3.36. The van der Waals surface area contributed by atoms with Crippen LogP contribution >= 0.6 is 11.8 Å². The molecule has 1 aromatic heterocycles. The first-order chi connectivity index (χ1) is 8.83. The van der Waals surface area contributed by atoms with Gasteiger partial charge in [0.1, 0.15) is 0 Å². The second-order valence-electron chi connectivity index (χ2n) is 4.18. The Morgan fingerprint density at radius 2 is 2.00 bits per heavy atom. The van der Waals surface area contributed by atoms with Gasteiger partial charge in [-0.3, -0.25) is 0 Å². The first kappa shape index (κ1) is 13.2. The molecule has 0 aliphatic carbocycles. The van der Waals surface area contributed by atoms with Crippen molar-refractivity contribution < 1.29 is 4.42 Å². The highest BCUT2D eigenvalue weighted by Gasteiger charge is 2.10. The van der Waals surface area contributed by atoms with E-state index in [0.29, 0.717) is 6.04 Å². The minimum absolute atomic E-state index is 0.336. The Kier molecular flexibility index (Phi) is 4.90. The van der Waals surface area contributed by atoms with Crippen molar-refractivity contribution in [3.63, 3.8) is 0 Å². The molecule has 2 aromatic rings. The van der Waals surface area contributed by atoms with Crippen molar-refractivity contribution in [2.24, 2.45) is 0 Å². The molecule has 0 spiro atoms. The van der Waals surface area contributed by atoms with Gasteiger partial charge in [0, 0.05) is 10.9 Å². The maximum absolute atomic E-state index is 5.12. The van der Waals surface area contributed by atoms with Crippen LogP contribution in [0, 0.1) is 0 Å². The minimum atomic E-state index is 0.336. The van der Waals surface area contributed by atoms with Gasteiger partial charge in [-0.2, -0.15) is 0 Å². The van der Waals surface area contributed by atoms with Crippen LogP contribution in [-0.4, -0.2) is 12.8 Å². The van der Waals surface area contributed by atoms with Crippen LogP contribution in [0.25, 0.3) is 0 Å². The maximum atomic E-state index is 5.12. The van der Waals surface area contributed by atoms with Gasteiger partial charge < -0.3 is 9.73 Å². The van der Waals surface area contributed by atoms with Crippen LogP contribution in [0.4, 0.5) is 0 Å². The monoisotopic (exact) mass is 261 g/mol. The van der Waals surface area contributed by atoms with Crippen molar-refractivity contribution in [3.8, 4) is 0 Å². The Labute approximate surface area is 113 Å². The molecule has 3 heteroatoms. The first-order valence-electron chi connectivity index (χ1n) is 6.24. The molecule has 18 heavy (non-hydrogen) atoms. The molecular weight excluding hydrogens is 242 g/mol. The zero-order chi connectivity index (χ0) is 12.8. The van der Waals surface area contributed by atoms with Gasteiger partial charge in [0.2, 0.25) is 0 Å². The highest BCUT2D eigenvalue weighted by Crippen LogP contribution is 2.23. The third-order valence-corrected chi connectivity index (χ3v) is 3.86. The van der Waals surface area contributed by atoms with Gasteiger partial charge in [0.25, 0.3) is 0 Å². The predicted octanol–water partition coefficient (Wildman–Crippen LogP) is 3.89. The molecular formula is C15H19NOS. The van der Waals surface area contributed by atoms with E-state index in [1.165, 1.54) is 16.0 Å². The first-order valence-corrected chi connectivity index (χ1v) is 7.23. The van der Waals surface area contributed by atoms with Gasteiger partial charge >= 0.3 is 0 Å². The molecule has 0 amide bonds. The number of likely N-dealkylation sites (N-methyl/N-ethyl adjacent to an activating group) is 1. The molecule has 96 valence electrons. The van der Waals surface area contributed by atoms with Crippen molar-refractivity contribution in [3.05, 3.63) is 54.0 Å². The van der Waals surface area contributed by atoms with Crippen molar-refractivity contribution in [1.82, 2.24) is 5.32 Å². The molecule has 0 saturated heterocycles. The van der Waals surface area contributed by atoms with Crippen LogP contribution in [0.2, 0.25) is 0 Å². The average molecular weight is 261 g/mol. The second kappa shape index (κ2) is 6.66. The Morgan fingerprint density at radius 3 is 2.56 bits per heavy atom. The van der Waals surface area contributed by atoms with Crippen LogP contribution in [0.15, 0.2) is 52.2 Å². The summed E-state index contributed by atoms with van der Waals surface area (Å²) < 4.78 is 5.12. The standard InChI is InChI=1S/C15H19NOS/c1-3-18-14-6-4-13(5-7-14)15(16-2)10-12-8-9-17-11-12/h4-9,11,15-16H,3,10H2,1-2H3. The van der Waals surface area contributed by atoms with Gasteiger partial charge in [0.15, 0.2) is 0 Å². The molecule has 1 N–H and O–H groups in total. The fraction of sp³-hybridized carbons (Fsp3) is 0.333. The molecule has 0 aliphatic rings. The number of nitrogens with one attached hydrogen (secondary N) is 1. The Morgan fingerprint density at radius 1 is 1.22 bits per heavy atom. The molecule has 1 unspecified atom stereocenters. The summed E-state index contributed by atoms with van der Waals surface area (Å²) in [7, 11) is 2.00. The van der Waals surface area contributed by atoms with E-state index in [4.69, 9.17) is 4.42 Å². The molecule has 2 nitrogen and oxygen atoms in total. The Bertz CT molecular complexity index is 450. The molecule has 2 rings (SSSR count). The summed E-state index contributed by atoms with van der Waals surface area (Å²) >= 11 is 1.87. The van der Waals surface area contributed by atoms with Crippen LogP contribution in [0.1, 0.15) is 24.1 Å². The molecule has 1 heterocycles. The van der Waals surface area contributed by atoms with E-state index in [-0.39, 0.29) is 0 Å². The zero-order valence-corrected chi connectivity index (χ0v) is 11.7. The van der Waals surface area contributed by atoms with Gasteiger partial charge in [-0.1, -0.05) is 19.1 Å². The fourth-order valence-corrected chi connectivity index (χ4v) is 2.66. The van der Waals surface area contributed by atoms with Crippen LogP contribution in [-0.2, 0) is 6.42 Å². The number of hydrogen-bond donors (Lipinski definition) is 1. The lowest BCUT2D eigenvalue weighted by Gasteiger charge is -2.16. The van der Waals surface area contributed by atoms with Crippen molar-refractivity contribution in [2.45, 2.75) is 24.3 Å². The quantitative estimate of drug-likeness (QED) is 0.798. The normalized spacial score (nSPS) is 12.6. The number of thioether (sulfide) groups is 1. The predicted molar refractivity (Wildman–Crippen MR) is 77.1 cm³/mol. The smallest absolute Gasteiger partial charge is 0.0935 e. The minimum Gasteiger partial charge on any atom is -0.472 e. The number of rotatable bonds is 6. The lowest BCUT2D eigenvalue weighted by atomic mass is 10.0. The van der Waals surface area contributed by atoms with E-state index in [0.717, 1.165) is 12.2 Å². The van der Waals surface area contributed by atoms with Crippen LogP contribution in [0.3, 0.4) is 0 Å². The van der Waals surface area contributed by atoms with Crippen molar-refractivity contribution in [2.75, 3.05) is 12.8 Å². The third kappa shape index (κ3) is 3.40. The average Bonchev–Trinajstić information content (AvgIpc) is 2.90. The van der Waals surface area contributed by atoms with Crippen molar-refractivity contribution in [1.29, 1.82) is 0 Å². The van der Waals surface area contributed by atoms with E-state index in [2.05, 4.69) is 36.5 Å². The summed E-state index contributed by atoms with van der Waals surface area (Å²) in [5.41, 5.74) is 2.54. The highest BCUT2D eigenvalue weighted by atomic mass is 32.2. The topological polar surface area (TPSA) is 25.2 Å².